The molecule has 5 N–H and O–H groups in total. The number of aliphatic hydroxyl groups is 2. The number of amides is 2. The van der Waals surface area contributed by atoms with Gasteiger partial charge in [0.05, 0.1) is 6.33 Å². The van der Waals surface area contributed by atoms with Gasteiger partial charge in [-0.1, -0.05) is 5.92 Å². The molecule has 2 saturated carbocycles. The van der Waals surface area contributed by atoms with Gasteiger partial charge in [-0.2, -0.15) is 0 Å². The van der Waals surface area contributed by atoms with Crippen molar-refractivity contribution < 1.29 is 29.3 Å². The minimum absolute atomic E-state index is 0.0870. The Balaban J connectivity index is 1.10. The molecule has 208 valence electrons. The van der Waals surface area contributed by atoms with Crippen LogP contribution in [-0.2, 0) is 14.3 Å². The van der Waals surface area contributed by atoms with Crippen LogP contribution in [-0.4, -0.2) is 90.2 Å². The normalized spacial score (nSPS) is 27.6. The number of nitrogen functional groups attached to an aromatic ring is 1. The lowest BCUT2D eigenvalue weighted by atomic mass is 9.94. The van der Waals surface area contributed by atoms with Crippen LogP contribution in [0.15, 0.2) is 6.33 Å². The van der Waals surface area contributed by atoms with Crippen LogP contribution >= 0.6 is 0 Å². The Hall–Kier alpha value is -3.47. The van der Waals surface area contributed by atoms with Crippen LogP contribution in [0.5, 0.6) is 0 Å². The molecule has 2 aliphatic heterocycles. The van der Waals surface area contributed by atoms with Crippen molar-refractivity contribution in [2.45, 2.75) is 88.1 Å². The van der Waals surface area contributed by atoms with Crippen LogP contribution in [0.25, 0.3) is 11.2 Å². The number of imidazole rings is 1. The molecule has 0 spiro atoms. The summed E-state index contributed by atoms with van der Waals surface area (Å²) in [6, 6.07) is 0.0910. The first kappa shape index (κ1) is 25.8. The number of aliphatic hydroxyl groups excluding tert-OH is 2. The van der Waals surface area contributed by atoms with E-state index in [2.05, 4.69) is 32.1 Å². The largest absolute Gasteiger partial charge is 0.446 e. The zero-order chi connectivity index (χ0) is 27.1. The van der Waals surface area contributed by atoms with Gasteiger partial charge in [-0.25, -0.2) is 19.7 Å². The molecule has 0 radical (unpaired) electrons. The molecule has 4 heterocycles. The molecule has 2 aromatic rings. The summed E-state index contributed by atoms with van der Waals surface area (Å²) in [7, 11) is 0. The summed E-state index contributed by atoms with van der Waals surface area (Å²) in [4.78, 5) is 39.5. The van der Waals surface area contributed by atoms with E-state index in [0.29, 0.717) is 30.9 Å². The van der Waals surface area contributed by atoms with E-state index in [4.69, 9.17) is 15.2 Å². The number of aromatic nitrogens is 4. The fourth-order valence-electron chi connectivity index (χ4n) is 5.10. The Morgan fingerprint density at radius 3 is 2.59 bits per heavy atom. The van der Waals surface area contributed by atoms with Crippen molar-refractivity contribution in [1.29, 1.82) is 0 Å². The number of carbonyl (C=O) groups is 2. The standard InChI is InChI=1S/C26H33N7O6/c27-22-18-23(33(13-28-18)25-20(35)19(34)21(39-25)24(36)29-15-7-8-15)31-17(30-22)6-1-3-14-9-11-32(12-10-14)26(37)38-16-4-2-5-16/h13-16,19-21,25,34-35H,2-5,7-12H2,(H,29,36)(H2,27,30,31)/t19-,20+,21?,25+/m0/s1. The van der Waals surface area contributed by atoms with E-state index in [0.717, 1.165) is 44.9 Å². The summed E-state index contributed by atoms with van der Waals surface area (Å²) >= 11 is 0. The van der Waals surface area contributed by atoms with E-state index in [1.807, 2.05) is 0 Å². The molecular formula is C26H33N7O6. The Morgan fingerprint density at radius 1 is 1.13 bits per heavy atom. The summed E-state index contributed by atoms with van der Waals surface area (Å²) in [6.45, 7) is 1.31. The number of hydrogen-bond acceptors (Lipinski definition) is 10. The van der Waals surface area contributed by atoms with E-state index >= 15 is 0 Å². The fraction of sp³-hybridized carbons (Fsp3) is 0.654. The highest BCUT2D eigenvalue weighted by atomic mass is 16.6. The van der Waals surface area contributed by atoms with E-state index in [1.165, 1.54) is 10.9 Å². The van der Waals surface area contributed by atoms with Crippen LogP contribution in [0.1, 0.15) is 63.4 Å². The Labute approximate surface area is 225 Å². The molecule has 13 heteroatoms. The van der Waals surface area contributed by atoms with E-state index in [9.17, 15) is 19.8 Å². The zero-order valence-corrected chi connectivity index (χ0v) is 21.5. The van der Waals surface area contributed by atoms with Crippen LogP contribution in [0.4, 0.5) is 10.6 Å². The monoisotopic (exact) mass is 539 g/mol. The maximum atomic E-state index is 12.5. The van der Waals surface area contributed by atoms with Gasteiger partial charge in [-0.3, -0.25) is 9.36 Å². The summed E-state index contributed by atoms with van der Waals surface area (Å²) in [5.74, 6) is 6.30. The quantitative estimate of drug-likeness (QED) is 0.390. The molecular weight excluding hydrogens is 506 g/mol. The summed E-state index contributed by atoms with van der Waals surface area (Å²) in [5.41, 5.74) is 6.70. The average molecular weight is 540 g/mol. The molecule has 2 aliphatic carbocycles. The molecule has 2 amide bonds. The maximum Gasteiger partial charge on any atom is 0.410 e. The molecule has 2 saturated heterocycles. The average Bonchev–Trinajstić information content (AvgIpc) is 3.53. The van der Waals surface area contributed by atoms with E-state index in [1.54, 1.807) is 4.90 Å². The SMILES string of the molecule is Nc1nc(C#CCC2CCN(C(=O)OC3CCC3)CC2)nc2c1ncn2[C@@H]1OC(C(=O)NC2CC2)[C@@H](O)[C@H]1O. The fourth-order valence-corrected chi connectivity index (χ4v) is 5.10. The summed E-state index contributed by atoms with van der Waals surface area (Å²) in [5, 5.41) is 23.9. The Bertz CT molecular complexity index is 1310. The predicted octanol–water partition coefficient (Wildman–Crippen LogP) is 0.449. The van der Waals surface area contributed by atoms with Gasteiger partial charge in [0, 0.05) is 25.6 Å². The van der Waals surface area contributed by atoms with Crippen molar-refractivity contribution in [3.8, 4) is 11.8 Å². The van der Waals surface area contributed by atoms with Crippen LogP contribution < -0.4 is 11.1 Å². The third kappa shape index (κ3) is 5.36. The van der Waals surface area contributed by atoms with Crippen molar-refractivity contribution in [2.75, 3.05) is 18.8 Å². The van der Waals surface area contributed by atoms with Gasteiger partial charge in [0.2, 0.25) is 5.82 Å². The molecule has 4 aliphatic rings. The molecule has 1 unspecified atom stereocenters. The first-order valence-corrected chi connectivity index (χ1v) is 13.6. The Kier molecular flexibility index (Phi) is 7.01. The van der Waals surface area contributed by atoms with Crippen molar-refractivity contribution in [1.82, 2.24) is 29.7 Å². The number of rotatable bonds is 5. The second kappa shape index (κ2) is 10.6. The van der Waals surface area contributed by atoms with E-state index < -0.39 is 30.4 Å². The number of nitrogens with zero attached hydrogens (tertiary/aromatic N) is 5. The molecule has 4 atom stereocenters. The van der Waals surface area contributed by atoms with Gasteiger partial charge in [-0.15, -0.1) is 0 Å². The minimum atomic E-state index is -1.41. The number of hydrogen-bond donors (Lipinski definition) is 4. The number of piperidine rings is 1. The second-order valence-electron chi connectivity index (χ2n) is 10.8. The van der Waals surface area contributed by atoms with Crippen LogP contribution in [0, 0.1) is 17.8 Å². The smallest absolute Gasteiger partial charge is 0.410 e. The number of ether oxygens (including phenoxy) is 2. The first-order chi connectivity index (χ1) is 18.9. The Morgan fingerprint density at radius 2 is 1.90 bits per heavy atom. The lowest BCUT2D eigenvalue weighted by molar-refractivity contribution is -0.137. The lowest BCUT2D eigenvalue weighted by Gasteiger charge is -2.33. The van der Waals surface area contributed by atoms with Gasteiger partial charge >= 0.3 is 6.09 Å². The van der Waals surface area contributed by atoms with Gasteiger partial charge in [0.25, 0.3) is 5.91 Å². The highest BCUT2D eigenvalue weighted by Gasteiger charge is 2.48. The summed E-state index contributed by atoms with van der Waals surface area (Å²) < 4.78 is 12.7. The topological polar surface area (TPSA) is 178 Å². The predicted molar refractivity (Wildman–Crippen MR) is 137 cm³/mol. The summed E-state index contributed by atoms with van der Waals surface area (Å²) in [6.07, 6.45) is 3.33. The minimum Gasteiger partial charge on any atom is -0.446 e. The number of carbonyl (C=O) groups excluding carboxylic acids is 2. The highest BCUT2D eigenvalue weighted by molar-refractivity contribution is 5.83. The molecule has 13 nitrogen and oxygen atoms in total. The maximum absolute atomic E-state index is 12.5. The second-order valence-corrected chi connectivity index (χ2v) is 10.8. The third-order valence-corrected chi connectivity index (χ3v) is 7.93. The number of fused-ring (bicyclic) bond motifs is 1. The highest BCUT2D eigenvalue weighted by Crippen LogP contribution is 2.33. The van der Waals surface area contributed by atoms with Crippen LogP contribution in [0.2, 0.25) is 0 Å². The number of nitrogens with two attached hydrogens (primary N) is 1. The van der Waals surface area contributed by atoms with Gasteiger partial charge in [0.15, 0.2) is 23.8 Å². The van der Waals surface area contributed by atoms with Crippen molar-refractivity contribution in [3.63, 3.8) is 0 Å². The zero-order valence-electron chi connectivity index (χ0n) is 21.5. The van der Waals surface area contributed by atoms with Crippen molar-refractivity contribution >= 4 is 29.0 Å². The number of likely N-dealkylation sites (tertiary alicyclic amines) is 1. The lowest BCUT2D eigenvalue weighted by Crippen LogP contribution is -2.43. The molecule has 6 rings (SSSR count). The molecule has 39 heavy (non-hydrogen) atoms. The molecule has 2 aromatic heterocycles. The van der Waals surface area contributed by atoms with Crippen LogP contribution in [0.3, 0.4) is 0 Å². The van der Waals surface area contributed by atoms with Gasteiger partial charge in [-0.05, 0) is 56.8 Å². The van der Waals surface area contributed by atoms with Crippen molar-refractivity contribution in [3.05, 3.63) is 12.2 Å². The number of anilines is 1. The van der Waals surface area contributed by atoms with Gasteiger partial charge in [0.1, 0.15) is 23.8 Å². The molecule has 4 fully saturated rings. The third-order valence-electron chi connectivity index (χ3n) is 7.93. The molecule has 0 aromatic carbocycles. The van der Waals surface area contributed by atoms with Crippen molar-refractivity contribution in [2.24, 2.45) is 5.92 Å². The number of nitrogens with one attached hydrogen (secondary N) is 1. The van der Waals surface area contributed by atoms with Gasteiger partial charge < -0.3 is 35.6 Å². The van der Waals surface area contributed by atoms with E-state index in [-0.39, 0.29) is 35.5 Å². The first-order valence-electron chi connectivity index (χ1n) is 13.6. The molecule has 0 bridgehead atoms.